The van der Waals surface area contributed by atoms with E-state index in [1.807, 2.05) is 0 Å². The molecule has 122 valence electrons. The molecular weight excluding hydrogens is 310 g/mol. The van der Waals surface area contributed by atoms with Gasteiger partial charge < -0.3 is 19.9 Å². The fourth-order valence-electron chi connectivity index (χ4n) is 1.86. The highest BCUT2D eigenvalue weighted by Gasteiger charge is 2.30. The lowest BCUT2D eigenvalue weighted by Crippen LogP contribution is -2.45. The van der Waals surface area contributed by atoms with Gasteiger partial charge in [0.05, 0.1) is 14.2 Å². The molecule has 0 aromatic heterocycles. The van der Waals surface area contributed by atoms with Crippen molar-refractivity contribution in [2.45, 2.75) is 25.0 Å². The minimum absolute atomic E-state index is 0.173. The van der Waals surface area contributed by atoms with E-state index >= 15 is 0 Å². The van der Waals surface area contributed by atoms with Crippen molar-refractivity contribution in [1.82, 2.24) is 5.32 Å². The van der Waals surface area contributed by atoms with E-state index in [9.17, 15) is 14.7 Å². The van der Waals surface area contributed by atoms with Gasteiger partial charge in [-0.1, -0.05) is 12.1 Å². The Morgan fingerprint density at radius 2 is 1.91 bits per heavy atom. The zero-order valence-corrected chi connectivity index (χ0v) is 13.3. The maximum Gasteiger partial charge on any atom is 0.331 e. The molecular formula is C15H20ClNO5. The Bertz CT molecular complexity index is 491. The number of methoxy groups -OCH3 is 2. The first-order valence-electron chi connectivity index (χ1n) is 6.78. The number of carbonyl (C=O) groups excluding carboxylic acids is 2. The SMILES string of the molecule is COC(=O)C(NC(=O)CCCCl)C(O)c1ccc(OC)cc1. The molecule has 0 saturated heterocycles. The number of nitrogens with one attached hydrogen (secondary N) is 1. The van der Waals surface area contributed by atoms with E-state index in [1.165, 1.54) is 14.2 Å². The lowest BCUT2D eigenvalue weighted by Gasteiger charge is -2.22. The fraction of sp³-hybridized carbons (Fsp3) is 0.467. The van der Waals surface area contributed by atoms with E-state index in [-0.39, 0.29) is 12.3 Å². The van der Waals surface area contributed by atoms with E-state index in [4.69, 9.17) is 16.3 Å². The standard InChI is InChI=1S/C15H20ClNO5/c1-21-11-7-5-10(6-8-11)14(19)13(15(20)22-2)17-12(18)4-3-9-16/h5-8,13-14,19H,3-4,9H2,1-2H3,(H,17,18). The highest BCUT2D eigenvalue weighted by molar-refractivity contribution is 6.17. The second-order valence-electron chi connectivity index (χ2n) is 4.58. The largest absolute Gasteiger partial charge is 0.497 e. The van der Waals surface area contributed by atoms with Crippen molar-refractivity contribution in [2.75, 3.05) is 20.1 Å². The molecule has 0 fully saturated rings. The number of rotatable bonds is 8. The van der Waals surface area contributed by atoms with E-state index in [0.29, 0.717) is 23.6 Å². The van der Waals surface area contributed by atoms with Gasteiger partial charge in [0.1, 0.15) is 11.9 Å². The number of esters is 1. The highest BCUT2D eigenvalue weighted by atomic mass is 35.5. The van der Waals surface area contributed by atoms with Crippen LogP contribution in [0.25, 0.3) is 0 Å². The third-order valence-electron chi connectivity index (χ3n) is 3.08. The monoisotopic (exact) mass is 329 g/mol. The molecule has 6 nitrogen and oxygen atoms in total. The van der Waals surface area contributed by atoms with Crippen LogP contribution in [0.2, 0.25) is 0 Å². The molecule has 1 rings (SSSR count). The summed E-state index contributed by atoms with van der Waals surface area (Å²) in [5, 5.41) is 12.8. The Morgan fingerprint density at radius 1 is 1.27 bits per heavy atom. The minimum atomic E-state index is -1.22. The summed E-state index contributed by atoms with van der Waals surface area (Å²) < 4.78 is 9.67. The summed E-state index contributed by atoms with van der Waals surface area (Å²) in [6.07, 6.45) is -0.565. The van der Waals surface area contributed by atoms with Crippen LogP contribution in [0.4, 0.5) is 0 Å². The molecule has 0 saturated carbocycles. The van der Waals surface area contributed by atoms with Gasteiger partial charge in [-0.25, -0.2) is 4.79 Å². The molecule has 2 atom stereocenters. The van der Waals surface area contributed by atoms with Gasteiger partial charge in [-0.05, 0) is 24.1 Å². The van der Waals surface area contributed by atoms with Gasteiger partial charge in [-0.2, -0.15) is 0 Å². The lowest BCUT2D eigenvalue weighted by atomic mass is 10.0. The second kappa shape index (κ2) is 9.27. The average Bonchev–Trinajstić information content (AvgIpc) is 2.56. The van der Waals surface area contributed by atoms with Crippen molar-refractivity contribution < 1.29 is 24.2 Å². The fourth-order valence-corrected chi connectivity index (χ4v) is 1.99. The van der Waals surface area contributed by atoms with Crippen molar-refractivity contribution in [3.63, 3.8) is 0 Å². The molecule has 2 N–H and O–H groups in total. The maximum atomic E-state index is 11.8. The van der Waals surface area contributed by atoms with Crippen LogP contribution in [0.1, 0.15) is 24.5 Å². The summed E-state index contributed by atoms with van der Waals surface area (Å²) in [5.74, 6) is -0.125. The molecule has 0 bridgehead atoms. The highest BCUT2D eigenvalue weighted by Crippen LogP contribution is 2.21. The molecule has 22 heavy (non-hydrogen) atoms. The molecule has 0 radical (unpaired) electrons. The van der Waals surface area contributed by atoms with Gasteiger partial charge in [-0.3, -0.25) is 4.79 Å². The van der Waals surface area contributed by atoms with Crippen LogP contribution >= 0.6 is 11.6 Å². The Morgan fingerprint density at radius 3 is 2.41 bits per heavy atom. The smallest absolute Gasteiger partial charge is 0.331 e. The molecule has 1 amide bonds. The van der Waals surface area contributed by atoms with Crippen molar-refractivity contribution in [1.29, 1.82) is 0 Å². The molecule has 0 aliphatic carbocycles. The normalized spacial score (nSPS) is 13.1. The summed E-state index contributed by atoms with van der Waals surface area (Å²) in [4.78, 5) is 23.6. The minimum Gasteiger partial charge on any atom is -0.497 e. The first kappa shape index (κ1) is 18.3. The summed E-state index contributed by atoms with van der Waals surface area (Å²) >= 11 is 5.53. The molecule has 1 aromatic rings. The van der Waals surface area contributed by atoms with Crippen LogP contribution in [0.15, 0.2) is 24.3 Å². The van der Waals surface area contributed by atoms with Gasteiger partial charge in [0.25, 0.3) is 0 Å². The predicted molar refractivity (Wildman–Crippen MR) is 81.9 cm³/mol. The Labute approximate surface area is 134 Å². The molecule has 7 heteroatoms. The van der Waals surface area contributed by atoms with Crippen LogP contribution in [0.5, 0.6) is 5.75 Å². The van der Waals surface area contributed by atoms with Crippen LogP contribution in [0.3, 0.4) is 0 Å². The predicted octanol–water partition coefficient (Wildman–Crippen LogP) is 1.41. The molecule has 0 aliphatic rings. The number of amides is 1. The maximum absolute atomic E-state index is 11.8. The number of ether oxygens (including phenoxy) is 2. The number of alkyl halides is 1. The van der Waals surface area contributed by atoms with Crippen molar-refractivity contribution in [3.05, 3.63) is 29.8 Å². The van der Waals surface area contributed by atoms with Crippen molar-refractivity contribution in [2.24, 2.45) is 0 Å². The zero-order chi connectivity index (χ0) is 16.5. The molecule has 0 aliphatic heterocycles. The van der Waals surface area contributed by atoms with Gasteiger partial charge in [0, 0.05) is 12.3 Å². The van der Waals surface area contributed by atoms with Crippen molar-refractivity contribution >= 4 is 23.5 Å². The summed E-state index contributed by atoms with van der Waals surface area (Å²) in [6, 6.07) is 5.36. The van der Waals surface area contributed by atoms with Gasteiger partial charge in [0.15, 0.2) is 6.04 Å². The van der Waals surface area contributed by atoms with E-state index in [2.05, 4.69) is 10.1 Å². The summed E-state index contributed by atoms with van der Waals surface area (Å²) in [6.45, 7) is 0. The Hall–Kier alpha value is -1.79. The van der Waals surface area contributed by atoms with Gasteiger partial charge in [0.2, 0.25) is 5.91 Å². The number of aliphatic hydroxyl groups is 1. The molecule has 0 spiro atoms. The van der Waals surface area contributed by atoms with E-state index in [0.717, 1.165) is 0 Å². The summed E-state index contributed by atoms with van der Waals surface area (Å²) in [5.41, 5.74) is 0.467. The Balaban J connectivity index is 2.85. The van der Waals surface area contributed by atoms with E-state index in [1.54, 1.807) is 24.3 Å². The van der Waals surface area contributed by atoms with Crippen LogP contribution in [0, 0.1) is 0 Å². The number of hydrogen-bond donors (Lipinski definition) is 2. The average molecular weight is 330 g/mol. The number of aliphatic hydroxyl groups excluding tert-OH is 1. The number of hydrogen-bond acceptors (Lipinski definition) is 5. The molecule has 0 heterocycles. The second-order valence-corrected chi connectivity index (χ2v) is 4.96. The third-order valence-corrected chi connectivity index (χ3v) is 3.35. The first-order valence-corrected chi connectivity index (χ1v) is 7.32. The van der Waals surface area contributed by atoms with Gasteiger partial charge >= 0.3 is 5.97 Å². The molecule has 2 unspecified atom stereocenters. The number of carbonyl (C=O) groups is 2. The van der Waals surface area contributed by atoms with Crippen molar-refractivity contribution in [3.8, 4) is 5.75 Å². The topological polar surface area (TPSA) is 84.9 Å². The first-order chi connectivity index (χ1) is 10.5. The number of benzene rings is 1. The van der Waals surface area contributed by atoms with E-state index < -0.39 is 18.1 Å². The van der Waals surface area contributed by atoms with Crippen LogP contribution < -0.4 is 10.1 Å². The number of halogens is 1. The van der Waals surface area contributed by atoms with Crippen LogP contribution in [-0.2, 0) is 14.3 Å². The summed E-state index contributed by atoms with van der Waals surface area (Å²) in [7, 11) is 2.72. The van der Waals surface area contributed by atoms with Gasteiger partial charge in [-0.15, -0.1) is 11.6 Å². The Kier molecular flexibility index (Phi) is 7.70. The zero-order valence-electron chi connectivity index (χ0n) is 12.5. The lowest BCUT2D eigenvalue weighted by molar-refractivity contribution is -0.148. The quantitative estimate of drug-likeness (QED) is 0.556. The third kappa shape index (κ3) is 5.20. The molecule has 1 aromatic carbocycles. The van der Waals surface area contributed by atoms with Crippen LogP contribution in [-0.4, -0.2) is 43.1 Å².